The first-order valence-corrected chi connectivity index (χ1v) is 7.97. The average Bonchev–Trinajstić information content (AvgIpc) is 2.86. The second-order valence-corrected chi connectivity index (χ2v) is 5.92. The van der Waals surface area contributed by atoms with Crippen molar-refractivity contribution >= 4 is 35.0 Å². The summed E-state index contributed by atoms with van der Waals surface area (Å²) in [5, 5.41) is 0.954. The highest BCUT2D eigenvalue weighted by atomic mass is 32.2. The molecule has 1 heterocycles. The topological polar surface area (TPSA) is 15.4 Å². The number of aliphatic imine (C=N–C) groups is 1. The van der Waals surface area contributed by atoms with Gasteiger partial charge in [-0.25, -0.2) is 0 Å². The van der Waals surface area contributed by atoms with Gasteiger partial charge in [0.15, 0.2) is 5.70 Å². The van der Waals surface area contributed by atoms with E-state index in [4.69, 9.17) is 4.99 Å². The number of hydrogen-bond acceptors (Lipinski definition) is 2. The van der Waals surface area contributed by atoms with E-state index in [-0.39, 0.29) is 0 Å². The molecule has 0 N–H and O–H groups in total. The van der Waals surface area contributed by atoms with Crippen LogP contribution in [0.1, 0.15) is 18.1 Å². The van der Waals surface area contributed by atoms with Gasteiger partial charge in [-0.05, 0) is 16.8 Å². The van der Waals surface area contributed by atoms with Gasteiger partial charge in [-0.15, -0.1) is 0 Å². The SMILES string of the molecule is C=[N+]1C(SCC)=NC(c2ccccc2)=C1c1ccccc1. The van der Waals surface area contributed by atoms with Gasteiger partial charge in [0, 0.05) is 16.9 Å². The molecule has 21 heavy (non-hydrogen) atoms. The van der Waals surface area contributed by atoms with E-state index < -0.39 is 0 Å². The molecule has 0 fully saturated rings. The van der Waals surface area contributed by atoms with E-state index in [2.05, 4.69) is 37.9 Å². The molecule has 2 aromatic rings. The van der Waals surface area contributed by atoms with Crippen LogP contribution in [0.2, 0.25) is 0 Å². The minimum atomic E-state index is 0.954. The first-order chi connectivity index (χ1) is 10.3. The lowest BCUT2D eigenvalue weighted by Crippen LogP contribution is -2.10. The molecule has 0 atom stereocenters. The van der Waals surface area contributed by atoms with Crippen molar-refractivity contribution in [1.29, 1.82) is 0 Å². The van der Waals surface area contributed by atoms with Gasteiger partial charge >= 0.3 is 5.17 Å². The first kappa shape index (κ1) is 13.8. The Balaban J connectivity index is 2.15. The number of benzene rings is 2. The molecule has 0 unspecified atom stereocenters. The zero-order valence-corrected chi connectivity index (χ0v) is 12.8. The molecule has 0 spiro atoms. The Morgan fingerprint density at radius 3 is 2.10 bits per heavy atom. The molecule has 1 aliphatic heterocycles. The minimum absolute atomic E-state index is 0.954. The van der Waals surface area contributed by atoms with Gasteiger partial charge in [-0.1, -0.05) is 67.6 Å². The van der Waals surface area contributed by atoms with Gasteiger partial charge in [-0.3, -0.25) is 0 Å². The van der Waals surface area contributed by atoms with Crippen molar-refractivity contribution in [2.24, 2.45) is 4.99 Å². The Morgan fingerprint density at radius 2 is 1.52 bits per heavy atom. The van der Waals surface area contributed by atoms with E-state index in [0.29, 0.717) is 0 Å². The quantitative estimate of drug-likeness (QED) is 0.768. The van der Waals surface area contributed by atoms with Gasteiger partial charge in [0.1, 0.15) is 0 Å². The molecule has 0 bridgehead atoms. The van der Waals surface area contributed by atoms with Crippen LogP contribution in [0.5, 0.6) is 0 Å². The molecule has 0 saturated heterocycles. The van der Waals surface area contributed by atoms with E-state index in [9.17, 15) is 0 Å². The summed E-state index contributed by atoms with van der Waals surface area (Å²) in [6, 6.07) is 20.6. The largest absolute Gasteiger partial charge is 0.364 e. The molecule has 0 saturated carbocycles. The average molecular weight is 293 g/mol. The molecule has 104 valence electrons. The fraction of sp³-hybridized carbons (Fsp3) is 0.111. The Kier molecular flexibility index (Phi) is 4.02. The lowest BCUT2D eigenvalue weighted by atomic mass is 10.1. The maximum absolute atomic E-state index is 4.81. The highest BCUT2D eigenvalue weighted by Gasteiger charge is 2.33. The van der Waals surface area contributed by atoms with Crippen molar-refractivity contribution in [2.75, 3.05) is 5.75 Å². The van der Waals surface area contributed by atoms with E-state index in [1.165, 1.54) is 0 Å². The van der Waals surface area contributed by atoms with E-state index >= 15 is 0 Å². The van der Waals surface area contributed by atoms with E-state index in [1.54, 1.807) is 11.8 Å². The van der Waals surface area contributed by atoms with Crippen molar-refractivity contribution < 1.29 is 4.58 Å². The Bertz CT molecular complexity index is 715. The summed E-state index contributed by atoms with van der Waals surface area (Å²) >= 11 is 1.72. The third-order valence-electron chi connectivity index (χ3n) is 3.30. The minimum Gasteiger partial charge on any atom is -0.192 e. The van der Waals surface area contributed by atoms with Crippen LogP contribution in [0.3, 0.4) is 0 Å². The molecule has 3 rings (SSSR count). The normalized spacial score (nSPS) is 14.5. The van der Waals surface area contributed by atoms with Crippen LogP contribution in [0.25, 0.3) is 11.4 Å². The summed E-state index contributed by atoms with van der Waals surface area (Å²) in [5.41, 5.74) is 4.32. The molecule has 0 aromatic heterocycles. The van der Waals surface area contributed by atoms with Gasteiger partial charge in [-0.2, -0.15) is 4.58 Å². The van der Waals surface area contributed by atoms with Crippen molar-refractivity contribution in [3.63, 3.8) is 0 Å². The van der Waals surface area contributed by atoms with Crippen molar-refractivity contribution in [1.82, 2.24) is 0 Å². The monoisotopic (exact) mass is 293 g/mol. The summed E-state index contributed by atoms with van der Waals surface area (Å²) in [6.45, 7) is 6.32. The maximum atomic E-state index is 4.81. The highest BCUT2D eigenvalue weighted by Crippen LogP contribution is 2.35. The van der Waals surface area contributed by atoms with Crippen LogP contribution in [0.4, 0.5) is 0 Å². The fourth-order valence-electron chi connectivity index (χ4n) is 2.36. The van der Waals surface area contributed by atoms with Crippen LogP contribution >= 0.6 is 11.8 Å². The van der Waals surface area contributed by atoms with Gasteiger partial charge < -0.3 is 0 Å². The molecule has 3 heteroatoms. The van der Waals surface area contributed by atoms with Crippen molar-refractivity contribution in [3.8, 4) is 0 Å². The molecule has 1 aliphatic rings. The van der Waals surface area contributed by atoms with Crippen LogP contribution < -0.4 is 0 Å². The van der Waals surface area contributed by atoms with Crippen LogP contribution in [0.15, 0.2) is 65.7 Å². The molecule has 2 nitrogen and oxygen atoms in total. The number of thioether (sulfide) groups is 1. The Hall–Kier alpha value is -2.13. The third kappa shape index (κ3) is 2.69. The zero-order chi connectivity index (χ0) is 14.7. The maximum Gasteiger partial charge on any atom is 0.364 e. The predicted octanol–water partition coefficient (Wildman–Crippen LogP) is 4.35. The van der Waals surface area contributed by atoms with Gasteiger partial charge in [0.2, 0.25) is 5.70 Å². The number of nitrogens with zero attached hydrogens (tertiary/aromatic N) is 2. The third-order valence-corrected chi connectivity index (χ3v) is 4.16. The first-order valence-electron chi connectivity index (χ1n) is 6.98. The van der Waals surface area contributed by atoms with E-state index in [0.717, 1.165) is 33.4 Å². The standard InChI is InChI=1S/C18H17N2S/c1-3-21-18-19-16(14-10-6-4-7-11-14)17(20(18)2)15-12-8-5-9-13-15/h4-13H,2-3H2,1H3/q+1. The molecule has 2 aromatic carbocycles. The number of hydrogen-bond donors (Lipinski definition) is 0. The van der Waals surface area contributed by atoms with Crippen LogP contribution in [-0.4, -0.2) is 22.2 Å². The summed E-state index contributed by atoms with van der Waals surface area (Å²) in [5.74, 6) is 0.981. The Labute approximate surface area is 129 Å². The number of amidine groups is 1. The summed E-state index contributed by atoms with van der Waals surface area (Å²) < 4.78 is 1.95. The molecular weight excluding hydrogens is 276 g/mol. The molecular formula is C18H17N2S+. The molecule has 0 radical (unpaired) electrons. The lowest BCUT2D eigenvalue weighted by Gasteiger charge is -2.03. The van der Waals surface area contributed by atoms with Crippen LogP contribution in [0, 0.1) is 0 Å². The van der Waals surface area contributed by atoms with Crippen LogP contribution in [-0.2, 0) is 0 Å². The lowest BCUT2D eigenvalue weighted by molar-refractivity contribution is -0.272. The molecule has 0 aliphatic carbocycles. The zero-order valence-electron chi connectivity index (χ0n) is 12.0. The summed E-state index contributed by atoms with van der Waals surface area (Å²) in [4.78, 5) is 4.81. The second-order valence-electron chi connectivity index (χ2n) is 4.68. The number of rotatable bonds is 3. The van der Waals surface area contributed by atoms with E-state index in [1.807, 2.05) is 41.0 Å². The second kappa shape index (κ2) is 6.10. The van der Waals surface area contributed by atoms with Gasteiger partial charge in [0.25, 0.3) is 0 Å². The smallest absolute Gasteiger partial charge is 0.192 e. The molecule has 0 amide bonds. The van der Waals surface area contributed by atoms with Crippen molar-refractivity contribution in [3.05, 3.63) is 71.8 Å². The van der Waals surface area contributed by atoms with Gasteiger partial charge in [0.05, 0.1) is 6.72 Å². The summed E-state index contributed by atoms with van der Waals surface area (Å²) in [6.07, 6.45) is 0. The van der Waals surface area contributed by atoms with Crippen molar-refractivity contribution in [2.45, 2.75) is 6.92 Å². The highest BCUT2D eigenvalue weighted by molar-refractivity contribution is 8.13. The summed E-state index contributed by atoms with van der Waals surface area (Å²) in [7, 11) is 0. The predicted molar refractivity (Wildman–Crippen MR) is 92.6 cm³/mol. The Morgan fingerprint density at radius 1 is 0.952 bits per heavy atom. The fourth-order valence-corrected chi connectivity index (χ4v) is 3.02.